The molecule has 15 heavy (non-hydrogen) atoms. The van der Waals surface area contributed by atoms with Gasteiger partial charge in [0, 0.05) is 6.04 Å². The molecule has 3 atom stereocenters. The van der Waals surface area contributed by atoms with Crippen molar-refractivity contribution < 1.29 is 9.47 Å². The van der Waals surface area contributed by atoms with Gasteiger partial charge >= 0.3 is 0 Å². The Labute approximate surface area is 92.5 Å². The van der Waals surface area contributed by atoms with Crippen molar-refractivity contribution in [1.82, 2.24) is 5.32 Å². The van der Waals surface area contributed by atoms with Crippen molar-refractivity contribution in [3.8, 4) is 0 Å². The maximum atomic E-state index is 5.72. The molecule has 0 saturated carbocycles. The molecule has 1 N–H and O–H groups in total. The first-order valence-electron chi connectivity index (χ1n) is 6.31. The van der Waals surface area contributed by atoms with E-state index in [4.69, 9.17) is 9.47 Å². The highest BCUT2D eigenvalue weighted by Gasteiger charge is 2.22. The Kier molecular flexibility index (Phi) is 4.42. The summed E-state index contributed by atoms with van der Waals surface area (Å²) in [6.07, 6.45) is 7.07. The Bertz CT molecular complexity index is 176. The highest BCUT2D eigenvalue weighted by Crippen LogP contribution is 2.19. The summed E-state index contributed by atoms with van der Waals surface area (Å²) in [5.74, 6) is 0. The zero-order valence-electron chi connectivity index (χ0n) is 9.71. The molecule has 0 amide bonds. The highest BCUT2D eigenvalue weighted by molar-refractivity contribution is 4.73. The summed E-state index contributed by atoms with van der Waals surface area (Å²) in [7, 11) is 0. The Balaban J connectivity index is 1.54. The Morgan fingerprint density at radius 3 is 2.80 bits per heavy atom. The van der Waals surface area contributed by atoms with Crippen molar-refractivity contribution >= 4 is 0 Å². The average Bonchev–Trinajstić information content (AvgIpc) is 2.66. The van der Waals surface area contributed by atoms with Crippen molar-refractivity contribution in [1.29, 1.82) is 0 Å². The summed E-state index contributed by atoms with van der Waals surface area (Å²) in [6.45, 7) is 4.93. The summed E-state index contributed by atoms with van der Waals surface area (Å²) in [4.78, 5) is 0. The van der Waals surface area contributed by atoms with Crippen LogP contribution < -0.4 is 5.32 Å². The molecule has 3 nitrogen and oxygen atoms in total. The molecule has 0 bridgehead atoms. The van der Waals surface area contributed by atoms with Crippen molar-refractivity contribution in [2.24, 2.45) is 0 Å². The third-order valence-electron chi connectivity index (χ3n) is 3.36. The molecule has 0 aliphatic carbocycles. The van der Waals surface area contributed by atoms with Gasteiger partial charge in [0.15, 0.2) is 0 Å². The van der Waals surface area contributed by atoms with E-state index in [9.17, 15) is 0 Å². The van der Waals surface area contributed by atoms with Gasteiger partial charge < -0.3 is 14.8 Å². The Morgan fingerprint density at radius 2 is 2.13 bits per heavy atom. The topological polar surface area (TPSA) is 30.5 Å². The molecule has 2 heterocycles. The van der Waals surface area contributed by atoms with Crippen LogP contribution in [-0.4, -0.2) is 38.0 Å². The van der Waals surface area contributed by atoms with Crippen LogP contribution in [0.2, 0.25) is 0 Å². The number of ether oxygens (including phenoxy) is 2. The van der Waals surface area contributed by atoms with Crippen LogP contribution in [-0.2, 0) is 9.47 Å². The predicted octanol–water partition coefficient (Wildman–Crippen LogP) is 1.71. The van der Waals surface area contributed by atoms with E-state index in [1.807, 2.05) is 0 Å². The molecule has 2 rings (SSSR count). The second kappa shape index (κ2) is 5.83. The Hall–Kier alpha value is -0.120. The van der Waals surface area contributed by atoms with E-state index in [-0.39, 0.29) is 0 Å². The van der Waals surface area contributed by atoms with Gasteiger partial charge in [-0.1, -0.05) is 6.42 Å². The lowest BCUT2D eigenvalue weighted by Gasteiger charge is -2.23. The number of hydrogen-bond donors (Lipinski definition) is 1. The largest absolute Gasteiger partial charge is 0.377 e. The summed E-state index contributed by atoms with van der Waals surface area (Å²) >= 11 is 0. The molecule has 0 radical (unpaired) electrons. The standard InChI is InChI=1S/C12H23NO2/c1-10-5-6-12(15-10)9-14-8-11-4-2-3-7-13-11/h10-13H,2-9H2,1H3. The second-order valence-electron chi connectivity index (χ2n) is 4.83. The van der Waals surface area contributed by atoms with Gasteiger partial charge in [-0.15, -0.1) is 0 Å². The number of piperidine rings is 1. The minimum atomic E-state index is 0.351. The first-order chi connectivity index (χ1) is 7.34. The smallest absolute Gasteiger partial charge is 0.0813 e. The van der Waals surface area contributed by atoms with Crippen LogP contribution in [0.15, 0.2) is 0 Å². The zero-order chi connectivity index (χ0) is 10.5. The van der Waals surface area contributed by atoms with Crippen LogP contribution in [0, 0.1) is 0 Å². The van der Waals surface area contributed by atoms with Gasteiger partial charge in [-0.05, 0) is 39.2 Å². The van der Waals surface area contributed by atoms with E-state index < -0.39 is 0 Å². The zero-order valence-corrected chi connectivity index (χ0v) is 9.71. The number of hydrogen-bond acceptors (Lipinski definition) is 3. The maximum Gasteiger partial charge on any atom is 0.0813 e. The Morgan fingerprint density at radius 1 is 1.20 bits per heavy atom. The minimum Gasteiger partial charge on any atom is -0.377 e. The molecule has 2 aliphatic heterocycles. The van der Waals surface area contributed by atoms with Crippen molar-refractivity contribution in [3.63, 3.8) is 0 Å². The fourth-order valence-corrected chi connectivity index (χ4v) is 2.42. The van der Waals surface area contributed by atoms with Crippen LogP contribution in [0.4, 0.5) is 0 Å². The average molecular weight is 213 g/mol. The third kappa shape index (κ3) is 3.74. The first-order valence-corrected chi connectivity index (χ1v) is 6.31. The van der Waals surface area contributed by atoms with Crippen LogP contribution in [0.1, 0.15) is 39.0 Å². The third-order valence-corrected chi connectivity index (χ3v) is 3.36. The van der Waals surface area contributed by atoms with E-state index in [2.05, 4.69) is 12.2 Å². The second-order valence-corrected chi connectivity index (χ2v) is 4.83. The molecule has 88 valence electrons. The van der Waals surface area contributed by atoms with Crippen LogP contribution in [0.5, 0.6) is 0 Å². The lowest BCUT2D eigenvalue weighted by molar-refractivity contribution is -0.0153. The van der Waals surface area contributed by atoms with Gasteiger partial charge in [0.05, 0.1) is 25.4 Å². The van der Waals surface area contributed by atoms with Gasteiger partial charge in [0.1, 0.15) is 0 Å². The maximum absolute atomic E-state index is 5.72. The number of rotatable bonds is 4. The minimum absolute atomic E-state index is 0.351. The summed E-state index contributed by atoms with van der Waals surface area (Å²) in [6, 6.07) is 0.581. The molecule has 0 aromatic rings. The number of nitrogens with one attached hydrogen (secondary N) is 1. The predicted molar refractivity (Wildman–Crippen MR) is 60.0 cm³/mol. The molecule has 0 aromatic carbocycles. The molecule has 3 heteroatoms. The van der Waals surface area contributed by atoms with E-state index in [1.165, 1.54) is 32.1 Å². The molecule has 3 unspecified atom stereocenters. The highest BCUT2D eigenvalue weighted by atomic mass is 16.5. The lowest BCUT2D eigenvalue weighted by Crippen LogP contribution is -2.38. The van der Waals surface area contributed by atoms with Crippen molar-refractivity contribution in [2.75, 3.05) is 19.8 Å². The SMILES string of the molecule is CC1CCC(COCC2CCCCN2)O1. The van der Waals surface area contributed by atoms with Gasteiger partial charge in [0.25, 0.3) is 0 Å². The summed E-state index contributed by atoms with van der Waals surface area (Å²) in [5, 5.41) is 3.49. The normalized spacial score (nSPS) is 37.0. The molecular weight excluding hydrogens is 190 g/mol. The molecule has 2 aliphatic rings. The molecule has 2 saturated heterocycles. The van der Waals surface area contributed by atoms with Gasteiger partial charge in [-0.25, -0.2) is 0 Å². The van der Waals surface area contributed by atoms with Crippen LogP contribution in [0.3, 0.4) is 0 Å². The molecule has 0 spiro atoms. The van der Waals surface area contributed by atoms with Gasteiger partial charge in [0.2, 0.25) is 0 Å². The van der Waals surface area contributed by atoms with Crippen molar-refractivity contribution in [3.05, 3.63) is 0 Å². The van der Waals surface area contributed by atoms with E-state index in [1.54, 1.807) is 0 Å². The summed E-state index contributed by atoms with van der Waals surface area (Å²) < 4.78 is 11.4. The van der Waals surface area contributed by atoms with Crippen LogP contribution >= 0.6 is 0 Å². The lowest BCUT2D eigenvalue weighted by atomic mass is 10.1. The van der Waals surface area contributed by atoms with Gasteiger partial charge in [-0.2, -0.15) is 0 Å². The van der Waals surface area contributed by atoms with E-state index >= 15 is 0 Å². The van der Waals surface area contributed by atoms with Crippen LogP contribution in [0.25, 0.3) is 0 Å². The van der Waals surface area contributed by atoms with E-state index in [0.29, 0.717) is 18.2 Å². The first kappa shape index (κ1) is 11.4. The van der Waals surface area contributed by atoms with E-state index in [0.717, 1.165) is 19.8 Å². The molecular formula is C12H23NO2. The molecule has 2 fully saturated rings. The monoisotopic (exact) mass is 213 g/mol. The molecule has 0 aromatic heterocycles. The fourth-order valence-electron chi connectivity index (χ4n) is 2.42. The fraction of sp³-hybridized carbons (Fsp3) is 1.00. The summed E-state index contributed by atoms with van der Waals surface area (Å²) in [5.41, 5.74) is 0. The quantitative estimate of drug-likeness (QED) is 0.771. The van der Waals surface area contributed by atoms with Gasteiger partial charge in [-0.3, -0.25) is 0 Å². The van der Waals surface area contributed by atoms with Crippen molar-refractivity contribution in [2.45, 2.75) is 57.3 Å².